The molecule has 1 N–H and O–H groups in total. The molecule has 2 atom stereocenters. The van der Waals surface area contributed by atoms with Gasteiger partial charge in [0.1, 0.15) is 22.9 Å². The minimum Gasteiger partial charge on any atom is -0.444 e. The first-order valence-corrected chi connectivity index (χ1v) is 9.65. The van der Waals surface area contributed by atoms with E-state index in [0.29, 0.717) is 24.5 Å². The number of rotatable bonds is 3. The molecule has 1 fully saturated rings. The minimum absolute atomic E-state index is 0.0764. The van der Waals surface area contributed by atoms with E-state index < -0.39 is 35.3 Å². The van der Waals surface area contributed by atoms with Crippen molar-refractivity contribution >= 4 is 35.1 Å². The lowest BCUT2D eigenvalue weighted by Gasteiger charge is -2.24. The van der Waals surface area contributed by atoms with Gasteiger partial charge in [-0.15, -0.1) is 0 Å². The van der Waals surface area contributed by atoms with Crippen LogP contribution in [0.2, 0.25) is 10.2 Å². The van der Waals surface area contributed by atoms with Crippen LogP contribution >= 0.6 is 23.2 Å². The predicted octanol–water partition coefficient (Wildman–Crippen LogP) is 4.56. The van der Waals surface area contributed by atoms with E-state index in [-0.39, 0.29) is 10.2 Å². The Morgan fingerprint density at radius 2 is 1.86 bits per heavy atom. The maximum Gasteiger partial charge on any atom is 0.407 e. The second kappa shape index (κ2) is 8.28. The number of carbonyl (C=O) groups is 1. The highest BCUT2D eigenvalue weighted by atomic mass is 35.5. The lowest BCUT2D eigenvalue weighted by molar-refractivity contribution is 0.0505. The van der Waals surface area contributed by atoms with Gasteiger partial charge in [0.15, 0.2) is 11.6 Å². The fourth-order valence-electron chi connectivity index (χ4n) is 3.23. The van der Waals surface area contributed by atoms with Gasteiger partial charge in [-0.1, -0.05) is 23.2 Å². The molecule has 0 saturated carbocycles. The SMILES string of the molecule is CC(C)(C)OC(=O)N[C@H]1CN(c2cc(Cl)ncn2)C[C@@H]1c1cc(F)c(F)cc1Cl. The maximum absolute atomic E-state index is 13.9. The zero-order valence-corrected chi connectivity index (χ0v) is 17.6. The van der Waals surface area contributed by atoms with Crippen LogP contribution in [0.15, 0.2) is 24.5 Å². The summed E-state index contributed by atoms with van der Waals surface area (Å²) in [5.41, 5.74) is -0.299. The standard InChI is InChI=1S/C19H20Cl2F2N4O2/c1-19(2,3)29-18(28)26-15-8-27(17-6-16(21)24-9-25-17)7-11(15)10-4-13(22)14(23)5-12(10)20/h4-6,9,11,15H,7-8H2,1-3H3,(H,26,28)/t11-,15+/m1/s1. The molecular weight excluding hydrogens is 425 g/mol. The molecule has 2 heterocycles. The summed E-state index contributed by atoms with van der Waals surface area (Å²) < 4.78 is 32.8. The van der Waals surface area contributed by atoms with Crippen molar-refractivity contribution in [1.82, 2.24) is 15.3 Å². The van der Waals surface area contributed by atoms with E-state index in [0.717, 1.165) is 12.1 Å². The van der Waals surface area contributed by atoms with Gasteiger partial charge < -0.3 is 15.0 Å². The third kappa shape index (κ3) is 5.25. The zero-order valence-electron chi connectivity index (χ0n) is 16.0. The molecule has 1 aromatic heterocycles. The molecule has 29 heavy (non-hydrogen) atoms. The molecule has 6 nitrogen and oxygen atoms in total. The number of aromatic nitrogens is 2. The van der Waals surface area contributed by atoms with Crippen molar-refractivity contribution in [3.05, 3.63) is 51.9 Å². The molecule has 0 bridgehead atoms. The monoisotopic (exact) mass is 444 g/mol. The maximum atomic E-state index is 13.9. The number of nitrogens with zero attached hydrogens (tertiary/aromatic N) is 3. The van der Waals surface area contributed by atoms with Crippen molar-refractivity contribution in [2.24, 2.45) is 0 Å². The zero-order chi connectivity index (χ0) is 21.3. The van der Waals surface area contributed by atoms with Gasteiger partial charge >= 0.3 is 6.09 Å². The largest absolute Gasteiger partial charge is 0.444 e. The Kier molecular flexibility index (Phi) is 6.14. The van der Waals surface area contributed by atoms with Gasteiger partial charge in [-0.2, -0.15) is 0 Å². The number of amides is 1. The number of benzene rings is 1. The van der Waals surface area contributed by atoms with Crippen LogP contribution < -0.4 is 10.2 Å². The van der Waals surface area contributed by atoms with Crippen LogP contribution in [0.1, 0.15) is 32.3 Å². The second-order valence-electron chi connectivity index (χ2n) is 7.75. The molecule has 1 aliphatic rings. The van der Waals surface area contributed by atoms with Gasteiger partial charge in [0.25, 0.3) is 0 Å². The van der Waals surface area contributed by atoms with Gasteiger partial charge in [-0.3, -0.25) is 0 Å². The van der Waals surface area contributed by atoms with Crippen LogP contribution in [0.4, 0.5) is 19.4 Å². The van der Waals surface area contributed by atoms with E-state index in [1.54, 1.807) is 26.8 Å². The normalized spacial score (nSPS) is 19.3. The quantitative estimate of drug-likeness (QED) is 0.555. The van der Waals surface area contributed by atoms with Crippen molar-refractivity contribution < 1.29 is 18.3 Å². The average Bonchev–Trinajstić information content (AvgIpc) is 3.00. The van der Waals surface area contributed by atoms with E-state index in [2.05, 4.69) is 15.3 Å². The van der Waals surface area contributed by atoms with E-state index in [1.165, 1.54) is 6.33 Å². The van der Waals surface area contributed by atoms with Crippen LogP contribution in [0, 0.1) is 11.6 Å². The number of hydrogen-bond acceptors (Lipinski definition) is 5. The highest BCUT2D eigenvalue weighted by molar-refractivity contribution is 6.31. The third-order valence-electron chi connectivity index (χ3n) is 4.40. The van der Waals surface area contributed by atoms with Gasteiger partial charge in [0.05, 0.1) is 6.04 Å². The Labute approximate surface area is 177 Å². The lowest BCUT2D eigenvalue weighted by atomic mass is 9.94. The minimum atomic E-state index is -1.03. The summed E-state index contributed by atoms with van der Waals surface area (Å²) in [6, 6.07) is 3.09. The fourth-order valence-corrected chi connectivity index (χ4v) is 3.66. The molecule has 10 heteroatoms. The molecule has 1 aromatic carbocycles. The van der Waals surface area contributed by atoms with E-state index in [4.69, 9.17) is 27.9 Å². The number of hydrogen-bond donors (Lipinski definition) is 1. The molecule has 2 aromatic rings. The van der Waals surface area contributed by atoms with Crippen LogP contribution in [0.25, 0.3) is 0 Å². The highest BCUT2D eigenvalue weighted by Gasteiger charge is 2.38. The Balaban J connectivity index is 1.91. The van der Waals surface area contributed by atoms with E-state index >= 15 is 0 Å². The number of alkyl carbamates (subject to hydrolysis) is 1. The van der Waals surface area contributed by atoms with Gasteiger partial charge in [-0.05, 0) is 38.5 Å². The van der Waals surface area contributed by atoms with Gasteiger partial charge in [0, 0.05) is 30.1 Å². The van der Waals surface area contributed by atoms with Crippen molar-refractivity contribution in [2.75, 3.05) is 18.0 Å². The third-order valence-corrected chi connectivity index (χ3v) is 4.94. The Morgan fingerprint density at radius 1 is 1.17 bits per heavy atom. The Morgan fingerprint density at radius 3 is 2.52 bits per heavy atom. The first-order valence-electron chi connectivity index (χ1n) is 8.90. The summed E-state index contributed by atoms with van der Waals surface area (Å²) in [7, 11) is 0. The Hall–Kier alpha value is -2.19. The molecule has 0 aliphatic carbocycles. The predicted molar refractivity (Wildman–Crippen MR) is 107 cm³/mol. The second-order valence-corrected chi connectivity index (χ2v) is 8.55. The molecule has 156 valence electrons. The van der Waals surface area contributed by atoms with Crippen LogP contribution in [-0.4, -0.2) is 40.8 Å². The first kappa shape index (κ1) is 21.5. The number of nitrogens with one attached hydrogen (secondary N) is 1. The summed E-state index contributed by atoms with van der Waals surface area (Å²) in [5.74, 6) is -1.93. The average molecular weight is 445 g/mol. The number of ether oxygens (including phenoxy) is 1. The van der Waals surface area contributed by atoms with E-state index in [1.807, 2.05) is 4.90 Å². The number of carbonyl (C=O) groups excluding carboxylic acids is 1. The summed E-state index contributed by atoms with van der Waals surface area (Å²) >= 11 is 12.1. The van der Waals surface area contributed by atoms with Crippen LogP contribution in [0.5, 0.6) is 0 Å². The molecule has 0 unspecified atom stereocenters. The van der Waals surface area contributed by atoms with Gasteiger partial charge in [-0.25, -0.2) is 23.5 Å². The molecule has 3 rings (SSSR count). The summed E-state index contributed by atoms with van der Waals surface area (Å²) in [6.45, 7) is 5.94. The van der Waals surface area contributed by atoms with Crippen molar-refractivity contribution in [3.8, 4) is 0 Å². The molecule has 0 spiro atoms. The summed E-state index contributed by atoms with van der Waals surface area (Å²) in [4.78, 5) is 22.2. The van der Waals surface area contributed by atoms with Crippen LogP contribution in [0.3, 0.4) is 0 Å². The lowest BCUT2D eigenvalue weighted by Crippen LogP contribution is -2.42. The highest BCUT2D eigenvalue weighted by Crippen LogP contribution is 2.35. The van der Waals surface area contributed by atoms with Gasteiger partial charge in [0.2, 0.25) is 0 Å². The molecule has 1 amide bonds. The van der Waals surface area contributed by atoms with Crippen molar-refractivity contribution in [3.63, 3.8) is 0 Å². The molecular formula is C19H20Cl2F2N4O2. The first-order chi connectivity index (χ1) is 13.5. The topological polar surface area (TPSA) is 67.3 Å². The number of halogens is 4. The van der Waals surface area contributed by atoms with E-state index in [9.17, 15) is 13.6 Å². The van der Waals surface area contributed by atoms with Crippen molar-refractivity contribution in [2.45, 2.75) is 38.3 Å². The molecule has 1 saturated heterocycles. The van der Waals surface area contributed by atoms with Crippen LogP contribution in [-0.2, 0) is 4.74 Å². The van der Waals surface area contributed by atoms with Crippen molar-refractivity contribution in [1.29, 1.82) is 0 Å². The smallest absolute Gasteiger partial charge is 0.407 e. The molecule has 1 aliphatic heterocycles. The number of anilines is 1. The summed E-state index contributed by atoms with van der Waals surface area (Å²) in [6.07, 6.45) is 0.708. The fraction of sp³-hybridized carbons (Fsp3) is 0.421. The molecule has 0 radical (unpaired) electrons. The Bertz CT molecular complexity index is 924. The summed E-state index contributed by atoms with van der Waals surface area (Å²) in [5, 5.41) is 3.15.